The summed E-state index contributed by atoms with van der Waals surface area (Å²) in [6, 6.07) is 0. The third-order valence-electron chi connectivity index (χ3n) is 2.98. The van der Waals surface area contributed by atoms with Crippen molar-refractivity contribution in [3.63, 3.8) is 0 Å². The number of aliphatic hydroxyl groups excluding tert-OH is 1. The summed E-state index contributed by atoms with van der Waals surface area (Å²) in [5.74, 6) is -0.867. The first-order valence-electron chi connectivity index (χ1n) is 6.37. The van der Waals surface area contributed by atoms with Gasteiger partial charge in [0.05, 0.1) is 30.8 Å². The Morgan fingerprint density at radius 1 is 1.39 bits per heavy atom. The van der Waals surface area contributed by atoms with Crippen LogP contribution in [0.25, 0.3) is 0 Å². The lowest BCUT2D eigenvalue weighted by Crippen LogP contribution is -2.34. The maximum atomic E-state index is 11.2. The Balaban J connectivity index is 4.18. The van der Waals surface area contributed by atoms with Gasteiger partial charge >= 0.3 is 5.97 Å². The summed E-state index contributed by atoms with van der Waals surface area (Å²) < 4.78 is 10.3. The van der Waals surface area contributed by atoms with Crippen molar-refractivity contribution in [2.75, 3.05) is 20.3 Å². The zero-order valence-electron chi connectivity index (χ0n) is 11.8. The summed E-state index contributed by atoms with van der Waals surface area (Å²) in [4.78, 5) is 11.2. The van der Waals surface area contributed by atoms with E-state index in [-0.39, 0.29) is 19.1 Å². The van der Waals surface area contributed by atoms with Gasteiger partial charge in [-0.3, -0.25) is 4.79 Å². The standard InChI is InChI=1S/C13H26O5/c1-5-6-13(3,12(15)16)7-11(14)9-18-10(2)8-17-4/h10-11,14H,5-9H2,1-4H3,(H,15,16). The number of hydrogen-bond acceptors (Lipinski definition) is 4. The molecule has 108 valence electrons. The number of carbonyl (C=O) groups is 1. The molecule has 5 nitrogen and oxygen atoms in total. The van der Waals surface area contributed by atoms with Crippen LogP contribution in [0.15, 0.2) is 0 Å². The molecule has 0 heterocycles. The number of aliphatic carboxylic acids is 1. The van der Waals surface area contributed by atoms with Crippen molar-refractivity contribution < 1.29 is 24.5 Å². The summed E-state index contributed by atoms with van der Waals surface area (Å²) in [7, 11) is 1.58. The number of aliphatic hydroxyl groups is 1. The molecular weight excluding hydrogens is 236 g/mol. The van der Waals surface area contributed by atoms with Crippen LogP contribution < -0.4 is 0 Å². The Morgan fingerprint density at radius 3 is 2.44 bits per heavy atom. The highest BCUT2D eigenvalue weighted by atomic mass is 16.5. The predicted molar refractivity (Wildman–Crippen MR) is 68.6 cm³/mol. The predicted octanol–water partition coefficient (Wildman–Crippen LogP) is 1.68. The molecule has 0 aromatic rings. The van der Waals surface area contributed by atoms with E-state index in [0.717, 1.165) is 6.42 Å². The van der Waals surface area contributed by atoms with Crippen molar-refractivity contribution in [2.45, 2.75) is 52.2 Å². The van der Waals surface area contributed by atoms with Crippen LogP contribution in [0.3, 0.4) is 0 Å². The van der Waals surface area contributed by atoms with E-state index in [1.165, 1.54) is 0 Å². The Kier molecular flexibility index (Phi) is 8.15. The molecule has 0 aliphatic heterocycles. The summed E-state index contributed by atoms with van der Waals surface area (Å²) in [6.07, 6.45) is 0.656. The molecule has 3 atom stereocenters. The Morgan fingerprint density at radius 2 is 2.00 bits per heavy atom. The van der Waals surface area contributed by atoms with Crippen molar-refractivity contribution in [3.8, 4) is 0 Å². The van der Waals surface area contributed by atoms with Gasteiger partial charge in [-0.15, -0.1) is 0 Å². The molecule has 3 unspecified atom stereocenters. The van der Waals surface area contributed by atoms with Gasteiger partial charge in [0.25, 0.3) is 0 Å². The Labute approximate surface area is 109 Å². The third kappa shape index (κ3) is 6.33. The molecule has 0 fully saturated rings. The highest BCUT2D eigenvalue weighted by molar-refractivity contribution is 5.74. The average Bonchev–Trinajstić information content (AvgIpc) is 2.27. The monoisotopic (exact) mass is 262 g/mol. The summed E-state index contributed by atoms with van der Waals surface area (Å²) in [5, 5.41) is 19.1. The van der Waals surface area contributed by atoms with Gasteiger partial charge in [0, 0.05) is 7.11 Å². The first-order chi connectivity index (χ1) is 8.35. The number of carboxylic acid groups (broad SMARTS) is 1. The minimum absolute atomic E-state index is 0.105. The highest BCUT2D eigenvalue weighted by Gasteiger charge is 2.34. The molecule has 0 saturated carbocycles. The fraction of sp³-hybridized carbons (Fsp3) is 0.923. The van der Waals surface area contributed by atoms with Gasteiger partial charge in [-0.05, 0) is 26.7 Å². The molecule has 0 aliphatic rings. The van der Waals surface area contributed by atoms with Crippen LogP contribution in [0.5, 0.6) is 0 Å². The van der Waals surface area contributed by atoms with Gasteiger partial charge in [-0.2, -0.15) is 0 Å². The lowest BCUT2D eigenvalue weighted by atomic mass is 9.80. The Bertz CT molecular complexity index is 244. The number of ether oxygens (including phenoxy) is 2. The maximum Gasteiger partial charge on any atom is 0.309 e. The number of rotatable bonds is 10. The van der Waals surface area contributed by atoms with Crippen LogP contribution in [0.4, 0.5) is 0 Å². The van der Waals surface area contributed by atoms with Crippen LogP contribution in [0.1, 0.15) is 40.0 Å². The molecule has 0 rings (SSSR count). The van der Waals surface area contributed by atoms with Crippen molar-refractivity contribution in [2.24, 2.45) is 5.41 Å². The molecular formula is C13H26O5. The summed E-state index contributed by atoms with van der Waals surface area (Å²) in [5.41, 5.74) is -0.887. The second kappa shape index (κ2) is 8.45. The molecule has 0 bridgehead atoms. The minimum atomic E-state index is -0.887. The van der Waals surface area contributed by atoms with Crippen molar-refractivity contribution >= 4 is 5.97 Å². The molecule has 0 spiro atoms. The highest BCUT2D eigenvalue weighted by Crippen LogP contribution is 2.29. The summed E-state index contributed by atoms with van der Waals surface area (Å²) in [6.45, 7) is 6.04. The fourth-order valence-electron chi connectivity index (χ4n) is 1.99. The molecule has 0 aliphatic carbocycles. The molecule has 0 amide bonds. The quantitative estimate of drug-likeness (QED) is 0.626. The van der Waals surface area contributed by atoms with Gasteiger partial charge in [-0.25, -0.2) is 0 Å². The maximum absolute atomic E-state index is 11.2. The van der Waals surface area contributed by atoms with Crippen LogP contribution >= 0.6 is 0 Å². The van der Waals surface area contributed by atoms with Gasteiger partial charge < -0.3 is 19.7 Å². The second-order valence-electron chi connectivity index (χ2n) is 5.07. The van der Waals surface area contributed by atoms with E-state index in [4.69, 9.17) is 9.47 Å². The van der Waals surface area contributed by atoms with E-state index in [9.17, 15) is 15.0 Å². The van der Waals surface area contributed by atoms with Crippen LogP contribution in [-0.2, 0) is 14.3 Å². The Hall–Kier alpha value is -0.650. The largest absolute Gasteiger partial charge is 0.481 e. The summed E-state index contributed by atoms with van der Waals surface area (Å²) >= 11 is 0. The van der Waals surface area contributed by atoms with Crippen LogP contribution in [0, 0.1) is 5.41 Å². The van der Waals surface area contributed by atoms with E-state index in [1.54, 1.807) is 14.0 Å². The molecule has 5 heteroatoms. The molecule has 0 radical (unpaired) electrons. The van der Waals surface area contributed by atoms with E-state index < -0.39 is 17.5 Å². The van der Waals surface area contributed by atoms with Gasteiger partial charge in [0.1, 0.15) is 0 Å². The number of methoxy groups -OCH3 is 1. The van der Waals surface area contributed by atoms with E-state index in [1.807, 2.05) is 13.8 Å². The first-order valence-corrected chi connectivity index (χ1v) is 6.37. The van der Waals surface area contributed by atoms with Crippen molar-refractivity contribution in [3.05, 3.63) is 0 Å². The zero-order valence-corrected chi connectivity index (χ0v) is 11.8. The zero-order chi connectivity index (χ0) is 14.2. The fourth-order valence-corrected chi connectivity index (χ4v) is 1.99. The van der Waals surface area contributed by atoms with Crippen LogP contribution in [-0.4, -0.2) is 48.7 Å². The van der Waals surface area contributed by atoms with Gasteiger partial charge in [-0.1, -0.05) is 13.3 Å². The molecule has 0 aromatic carbocycles. The average molecular weight is 262 g/mol. The lowest BCUT2D eigenvalue weighted by molar-refractivity contribution is -0.151. The van der Waals surface area contributed by atoms with Gasteiger partial charge in [0.2, 0.25) is 0 Å². The van der Waals surface area contributed by atoms with Gasteiger partial charge in [0.15, 0.2) is 0 Å². The smallest absolute Gasteiger partial charge is 0.309 e. The van der Waals surface area contributed by atoms with Crippen molar-refractivity contribution in [1.29, 1.82) is 0 Å². The van der Waals surface area contributed by atoms with E-state index in [2.05, 4.69) is 0 Å². The van der Waals surface area contributed by atoms with Crippen molar-refractivity contribution in [1.82, 2.24) is 0 Å². The normalized spacial score (nSPS) is 18.1. The molecule has 2 N–H and O–H groups in total. The van der Waals surface area contributed by atoms with Crippen LogP contribution in [0.2, 0.25) is 0 Å². The topological polar surface area (TPSA) is 76.0 Å². The minimum Gasteiger partial charge on any atom is -0.481 e. The molecule has 0 saturated heterocycles. The third-order valence-corrected chi connectivity index (χ3v) is 2.98. The number of hydrogen-bond donors (Lipinski definition) is 2. The van der Waals surface area contributed by atoms with E-state index >= 15 is 0 Å². The first kappa shape index (κ1) is 17.4. The molecule has 0 aromatic heterocycles. The number of carboxylic acids is 1. The lowest BCUT2D eigenvalue weighted by Gasteiger charge is -2.27. The molecule has 18 heavy (non-hydrogen) atoms. The SMILES string of the molecule is CCCC(C)(CC(O)COC(C)COC)C(=O)O. The second-order valence-corrected chi connectivity index (χ2v) is 5.07. The van der Waals surface area contributed by atoms with E-state index in [0.29, 0.717) is 13.0 Å².